The lowest BCUT2D eigenvalue weighted by molar-refractivity contribution is -0.108. The molecule has 0 bridgehead atoms. The van der Waals surface area contributed by atoms with Crippen LogP contribution in [0, 0.1) is 6.92 Å². The molecule has 1 aliphatic heterocycles. The molecular formula is C31H54N6O5S. The Morgan fingerprint density at radius 1 is 1.19 bits per heavy atom. The molecule has 1 N–H and O–H groups in total. The summed E-state index contributed by atoms with van der Waals surface area (Å²) in [5.74, 6) is 0.587. The van der Waals surface area contributed by atoms with Crippen LogP contribution >= 0.6 is 0 Å². The summed E-state index contributed by atoms with van der Waals surface area (Å²) in [5, 5.41) is 7.20. The minimum Gasteiger partial charge on any atom is -0.496 e. The highest BCUT2D eigenvalue weighted by atomic mass is 32.2. The number of carbonyl (C=O) groups excluding carboxylic acids is 1. The average molecular weight is 623 g/mol. The summed E-state index contributed by atoms with van der Waals surface area (Å²) >= 11 is 0. The number of hydrogen-bond donors (Lipinski definition) is 1. The number of aromatic nitrogens is 2. The number of sulfonamides is 1. The highest BCUT2D eigenvalue weighted by Crippen LogP contribution is 2.29. The number of ether oxygens (including phenoxy) is 2. The van der Waals surface area contributed by atoms with Gasteiger partial charge in [0.2, 0.25) is 16.4 Å². The van der Waals surface area contributed by atoms with Gasteiger partial charge in [-0.2, -0.15) is 9.40 Å². The first-order valence-corrected chi connectivity index (χ1v) is 16.9. The maximum atomic E-state index is 13.6. The van der Waals surface area contributed by atoms with Crippen LogP contribution in [-0.4, -0.2) is 92.7 Å². The molecule has 1 aromatic carbocycles. The van der Waals surface area contributed by atoms with Gasteiger partial charge in [-0.3, -0.25) is 14.4 Å². The summed E-state index contributed by atoms with van der Waals surface area (Å²) in [5.41, 5.74) is 2.65. The number of nitrogens with one attached hydrogen (secondary N) is 1. The fraction of sp³-hybridized carbons (Fsp3) is 0.645. The number of carbonyl (C=O) groups is 1. The number of rotatable bonds is 13. The Labute approximate surface area is 259 Å². The zero-order chi connectivity index (χ0) is 32.4. The van der Waals surface area contributed by atoms with Gasteiger partial charge in [0.25, 0.3) is 0 Å². The van der Waals surface area contributed by atoms with Crippen molar-refractivity contribution in [2.45, 2.75) is 79.0 Å². The molecule has 3 rings (SSSR count). The lowest BCUT2D eigenvalue weighted by Gasteiger charge is -2.28. The Morgan fingerprint density at radius 2 is 1.84 bits per heavy atom. The van der Waals surface area contributed by atoms with Crippen molar-refractivity contribution >= 4 is 28.0 Å². The molecule has 1 saturated heterocycles. The third-order valence-electron chi connectivity index (χ3n) is 6.68. The van der Waals surface area contributed by atoms with Crippen molar-refractivity contribution in [3.8, 4) is 5.75 Å². The summed E-state index contributed by atoms with van der Waals surface area (Å²) in [6, 6.07) is 4.63. The highest BCUT2D eigenvalue weighted by Gasteiger charge is 2.26. The van der Waals surface area contributed by atoms with Crippen molar-refractivity contribution in [3.05, 3.63) is 35.2 Å². The van der Waals surface area contributed by atoms with Crippen molar-refractivity contribution in [1.82, 2.24) is 24.3 Å². The number of amides is 1. The largest absolute Gasteiger partial charge is 0.496 e. The third kappa shape index (κ3) is 11.0. The number of amidine groups is 1. The van der Waals surface area contributed by atoms with Gasteiger partial charge in [0, 0.05) is 33.2 Å². The molecule has 0 unspecified atom stereocenters. The van der Waals surface area contributed by atoms with Crippen LogP contribution < -0.4 is 10.1 Å². The van der Waals surface area contributed by atoms with Gasteiger partial charge in [0.1, 0.15) is 17.3 Å². The van der Waals surface area contributed by atoms with Crippen LogP contribution in [0.1, 0.15) is 77.8 Å². The van der Waals surface area contributed by atoms with Crippen LogP contribution in [0.4, 0.5) is 5.69 Å². The smallest absolute Gasteiger partial charge is 0.243 e. The number of morpholine rings is 1. The van der Waals surface area contributed by atoms with Crippen molar-refractivity contribution < 1.29 is 22.7 Å². The van der Waals surface area contributed by atoms with Crippen LogP contribution in [0.25, 0.3) is 0 Å². The molecule has 11 nitrogen and oxygen atoms in total. The van der Waals surface area contributed by atoms with E-state index in [9.17, 15) is 13.2 Å². The van der Waals surface area contributed by atoms with Crippen LogP contribution in [0.2, 0.25) is 0 Å². The molecule has 12 heteroatoms. The highest BCUT2D eigenvalue weighted by molar-refractivity contribution is 7.89. The third-order valence-corrected chi connectivity index (χ3v) is 8.65. The number of aliphatic imine (C=N–C) groups is 1. The van der Waals surface area contributed by atoms with Crippen molar-refractivity contribution in [3.63, 3.8) is 0 Å². The molecule has 0 spiro atoms. The summed E-state index contributed by atoms with van der Waals surface area (Å²) in [6.45, 7) is 18.7. The summed E-state index contributed by atoms with van der Waals surface area (Å²) in [7, 11) is -0.464. The molecule has 0 aliphatic carbocycles. The molecular weight excluding hydrogens is 568 g/mol. The van der Waals surface area contributed by atoms with E-state index in [1.807, 2.05) is 34.7 Å². The second kappa shape index (κ2) is 20.2. The first-order valence-electron chi connectivity index (χ1n) is 15.5. The zero-order valence-electron chi connectivity index (χ0n) is 27.8. The molecule has 0 radical (unpaired) electrons. The minimum atomic E-state index is -3.80. The standard InChI is InChI=1S/C26H40N6O5S.C3H8.C2H6/c1-6-9-23-25(20(3)30(4)29-23)28-26(27-19-33)22-18-21(10-11-24(22)36-5)38(34,35)32(7-2)13-8-12-31-14-16-37-17-15-31;1-3-2;1-2/h10-11,18-19H,6-9,12-17H2,1-5H3,(H,27,28,33);3H2,1-2H3;1-2H3. The second-order valence-corrected chi connectivity index (χ2v) is 11.8. The molecule has 1 aromatic heterocycles. The van der Waals surface area contributed by atoms with Crippen molar-refractivity contribution in [2.24, 2.45) is 12.0 Å². The van der Waals surface area contributed by atoms with Crippen LogP contribution in [0.5, 0.6) is 5.75 Å². The van der Waals surface area contributed by atoms with Gasteiger partial charge < -0.3 is 14.8 Å². The summed E-state index contributed by atoms with van der Waals surface area (Å²) < 4.78 is 41.4. The van der Waals surface area contributed by atoms with E-state index in [1.165, 1.54) is 30.0 Å². The molecule has 0 atom stereocenters. The normalized spacial score (nSPS) is 14.0. The molecule has 1 aliphatic rings. The Morgan fingerprint density at radius 3 is 2.40 bits per heavy atom. The lowest BCUT2D eigenvalue weighted by Crippen LogP contribution is -2.39. The Kier molecular flexibility index (Phi) is 18.0. The molecule has 43 heavy (non-hydrogen) atoms. The number of methoxy groups -OCH3 is 1. The van der Waals surface area contributed by atoms with E-state index in [2.05, 4.69) is 36.1 Å². The van der Waals surface area contributed by atoms with E-state index in [4.69, 9.17) is 14.5 Å². The van der Waals surface area contributed by atoms with Crippen LogP contribution in [0.15, 0.2) is 28.1 Å². The SMILES string of the molecule is CC.CCC.CCCc1nn(C)c(C)c1N=C(NC=O)c1cc(S(=O)(=O)N(CC)CCCN2CCOCC2)ccc1OC. The minimum absolute atomic E-state index is 0.110. The van der Waals surface area contributed by atoms with E-state index in [0.717, 1.165) is 50.3 Å². The van der Waals surface area contributed by atoms with E-state index < -0.39 is 10.0 Å². The predicted molar refractivity (Wildman–Crippen MR) is 174 cm³/mol. The molecule has 2 aromatic rings. The molecule has 0 saturated carbocycles. The fourth-order valence-electron chi connectivity index (χ4n) is 4.48. The Bertz CT molecular complexity index is 1240. The average Bonchev–Trinajstić information content (AvgIpc) is 3.28. The summed E-state index contributed by atoms with van der Waals surface area (Å²) in [4.78, 5) is 18.7. The van der Waals surface area contributed by atoms with Gasteiger partial charge in [0.05, 0.1) is 42.2 Å². The number of hydrogen-bond acceptors (Lipinski definition) is 8. The predicted octanol–water partition coefficient (Wildman–Crippen LogP) is 4.69. The fourth-order valence-corrected chi connectivity index (χ4v) is 5.99. The molecule has 244 valence electrons. The van der Waals surface area contributed by atoms with E-state index in [-0.39, 0.29) is 10.7 Å². The number of aryl methyl sites for hydroxylation is 2. The maximum Gasteiger partial charge on any atom is 0.243 e. The first kappa shape index (κ1) is 38.2. The van der Waals surface area contributed by atoms with Crippen molar-refractivity contribution in [2.75, 3.05) is 53.0 Å². The number of benzene rings is 1. The zero-order valence-corrected chi connectivity index (χ0v) is 28.6. The van der Waals surface area contributed by atoms with Gasteiger partial charge >= 0.3 is 0 Å². The molecule has 2 heterocycles. The van der Waals surface area contributed by atoms with Crippen molar-refractivity contribution in [1.29, 1.82) is 0 Å². The van der Waals surface area contributed by atoms with E-state index in [0.29, 0.717) is 49.7 Å². The lowest BCUT2D eigenvalue weighted by atomic mass is 10.1. The van der Waals surface area contributed by atoms with Gasteiger partial charge in [-0.15, -0.1) is 0 Å². The van der Waals surface area contributed by atoms with Gasteiger partial charge in [-0.1, -0.05) is 54.4 Å². The number of nitrogens with zero attached hydrogens (tertiary/aromatic N) is 5. The molecule has 1 fully saturated rings. The molecule has 1 amide bonds. The first-order chi connectivity index (χ1) is 20.7. The Balaban J connectivity index is 0.00000174. The van der Waals surface area contributed by atoms with Gasteiger partial charge in [-0.05, 0) is 44.5 Å². The monoisotopic (exact) mass is 622 g/mol. The van der Waals surface area contributed by atoms with E-state index >= 15 is 0 Å². The van der Waals surface area contributed by atoms with Crippen LogP contribution in [-0.2, 0) is 33.0 Å². The Hall–Kier alpha value is -2.80. The quantitative estimate of drug-likeness (QED) is 0.196. The summed E-state index contributed by atoms with van der Waals surface area (Å²) in [6.07, 6.45) is 4.09. The van der Waals surface area contributed by atoms with Crippen LogP contribution in [0.3, 0.4) is 0 Å². The van der Waals surface area contributed by atoms with Gasteiger partial charge in [0.15, 0.2) is 0 Å². The van der Waals surface area contributed by atoms with Gasteiger partial charge in [-0.25, -0.2) is 13.4 Å². The van der Waals surface area contributed by atoms with E-state index in [1.54, 1.807) is 10.7 Å². The maximum absolute atomic E-state index is 13.6. The topological polar surface area (TPSA) is 118 Å². The second-order valence-electron chi connectivity index (χ2n) is 9.85.